The molecule has 3 aromatic rings. The second kappa shape index (κ2) is 8.39. The molecule has 2 N–H and O–H groups in total. The fourth-order valence-electron chi connectivity index (χ4n) is 3.61. The number of pyridine rings is 1. The number of halogens is 4. The van der Waals surface area contributed by atoms with Gasteiger partial charge in [0.1, 0.15) is 0 Å². The molecule has 1 aliphatic rings. The Morgan fingerprint density at radius 2 is 1.97 bits per heavy atom. The van der Waals surface area contributed by atoms with E-state index < -0.39 is 23.9 Å². The van der Waals surface area contributed by atoms with Gasteiger partial charge in [0.2, 0.25) is 5.60 Å². The molecule has 0 saturated carbocycles. The van der Waals surface area contributed by atoms with Gasteiger partial charge in [-0.05, 0) is 47.6 Å². The van der Waals surface area contributed by atoms with Crippen LogP contribution < -0.4 is 0 Å². The highest BCUT2D eigenvalue weighted by Crippen LogP contribution is 2.41. The molecule has 0 aliphatic heterocycles. The van der Waals surface area contributed by atoms with E-state index in [1.165, 1.54) is 23.6 Å². The van der Waals surface area contributed by atoms with Crippen LogP contribution in [0.4, 0.5) is 13.2 Å². The first-order valence-corrected chi connectivity index (χ1v) is 10.8. The zero-order valence-electron chi connectivity index (χ0n) is 16.3. The number of benzene rings is 1. The molecule has 0 spiro atoms. The van der Waals surface area contributed by atoms with Gasteiger partial charge in [0.05, 0.1) is 12.3 Å². The van der Waals surface area contributed by atoms with Crippen molar-refractivity contribution >= 4 is 33.0 Å². The molecule has 0 bridgehead atoms. The average Bonchev–Trinajstić information content (AvgIpc) is 3.16. The summed E-state index contributed by atoms with van der Waals surface area (Å²) in [4.78, 5) is 5.32. The highest BCUT2D eigenvalue weighted by Gasteiger charge is 2.54. The van der Waals surface area contributed by atoms with Gasteiger partial charge in [-0.1, -0.05) is 42.0 Å². The summed E-state index contributed by atoms with van der Waals surface area (Å²) in [6, 6.07) is 9.84. The van der Waals surface area contributed by atoms with Gasteiger partial charge in [-0.15, -0.1) is 11.3 Å². The lowest BCUT2D eigenvalue weighted by Crippen LogP contribution is -2.45. The molecule has 162 valence electrons. The Labute approximate surface area is 186 Å². The van der Waals surface area contributed by atoms with Crippen molar-refractivity contribution < 1.29 is 23.4 Å². The second-order valence-electron chi connectivity index (χ2n) is 7.43. The summed E-state index contributed by atoms with van der Waals surface area (Å²) < 4.78 is 41.0. The van der Waals surface area contributed by atoms with E-state index in [-0.39, 0.29) is 0 Å². The van der Waals surface area contributed by atoms with Crippen molar-refractivity contribution in [2.45, 2.75) is 31.0 Å². The number of alkyl halides is 3. The molecule has 0 radical (unpaired) electrons. The lowest BCUT2D eigenvalue weighted by molar-refractivity contribution is -0.277. The van der Waals surface area contributed by atoms with Crippen LogP contribution in [0.15, 0.2) is 65.4 Å². The summed E-state index contributed by atoms with van der Waals surface area (Å²) in [7, 11) is 0. The van der Waals surface area contributed by atoms with Crippen LogP contribution >= 0.6 is 22.9 Å². The summed E-state index contributed by atoms with van der Waals surface area (Å²) in [5.41, 5.74) is -1.78. The Balaban J connectivity index is 1.76. The van der Waals surface area contributed by atoms with Crippen LogP contribution in [-0.4, -0.2) is 28.0 Å². The van der Waals surface area contributed by atoms with Gasteiger partial charge in [0.25, 0.3) is 0 Å². The number of fused-ring (bicyclic) bond motifs is 1. The number of aromatic nitrogens is 1. The maximum absolute atomic E-state index is 13.4. The van der Waals surface area contributed by atoms with Crippen molar-refractivity contribution in [3.63, 3.8) is 0 Å². The van der Waals surface area contributed by atoms with Crippen molar-refractivity contribution in [2.75, 3.05) is 6.61 Å². The molecule has 1 atom stereocenters. The van der Waals surface area contributed by atoms with Crippen LogP contribution in [0.5, 0.6) is 0 Å². The number of aliphatic hydroxyl groups is 2. The van der Waals surface area contributed by atoms with Crippen molar-refractivity contribution in [3.05, 3.63) is 75.8 Å². The largest absolute Gasteiger partial charge is 0.423 e. The van der Waals surface area contributed by atoms with Gasteiger partial charge in [0, 0.05) is 32.8 Å². The molecule has 3 nitrogen and oxygen atoms in total. The molecular formula is C23H19ClF3NO2S. The van der Waals surface area contributed by atoms with Gasteiger partial charge in [-0.2, -0.15) is 13.2 Å². The van der Waals surface area contributed by atoms with E-state index in [9.17, 15) is 23.4 Å². The Bertz CT molecular complexity index is 1190. The van der Waals surface area contributed by atoms with Crippen molar-refractivity contribution in [2.24, 2.45) is 0 Å². The Morgan fingerprint density at radius 1 is 1.16 bits per heavy atom. The number of hydrogen-bond acceptors (Lipinski definition) is 4. The minimum absolute atomic E-state index is 0.294. The van der Waals surface area contributed by atoms with Gasteiger partial charge in [-0.25, -0.2) is 0 Å². The summed E-state index contributed by atoms with van der Waals surface area (Å²) >= 11 is 7.89. The highest BCUT2D eigenvalue weighted by molar-refractivity contribution is 7.19. The monoisotopic (exact) mass is 465 g/mol. The predicted molar refractivity (Wildman–Crippen MR) is 117 cm³/mol. The maximum Gasteiger partial charge on any atom is 0.423 e. The number of aliphatic hydroxyl groups excluding tert-OH is 1. The Kier molecular flexibility index (Phi) is 5.96. The quantitative estimate of drug-likeness (QED) is 0.479. The number of hydrogen-bond donors (Lipinski definition) is 2. The first-order valence-electron chi connectivity index (χ1n) is 9.65. The summed E-state index contributed by atoms with van der Waals surface area (Å²) in [6.07, 6.45) is 2.75. The normalized spacial score (nSPS) is 16.7. The molecule has 0 amide bonds. The lowest BCUT2D eigenvalue weighted by atomic mass is 9.93. The number of allylic oxidation sites excluding steroid dienone is 4. The van der Waals surface area contributed by atoms with E-state index in [4.69, 9.17) is 11.6 Å². The first-order chi connectivity index (χ1) is 14.7. The van der Waals surface area contributed by atoms with Gasteiger partial charge in [-0.3, -0.25) is 4.98 Å². The molecule has 1 aromatic carbocycles. The van der Waals surface area contributed by atoms with Crippen molar-refractivity contribution in [1.82, 2.24) is 4.98 Å². The Morgan fingerprint density at radius 3 is 2.68 bits per heavy atom. The molecule has 0 fully saturated rings. The SMILES string of the molecule is OCC(O)(c1ccnc(-c2cccc3cc(CC4=C(Cl)CCC=C4)sc23)c1)C(F)(F)F. The van der Waals surface area contributed by atoms with E-state index in [2.05, 4.69) is 11.1 Å². The molecule has 8 heteroatoms. The predicted octanol–water partition coefficient (Wildman–Crippen LogP) is 6.09. The fraction of sp³-hybridized carbons (Fsp3) is 0.261. The smallest absolute Gasteiger partial charge is 0.393 e. The van der Waals surface area contributed by atoms with E-state index in [0.29, 0.717) is 17.7 Å². The first kappa shape index (κ1) is 22.0. The minimum atomic E-state index is -5.02. The van der Waals surface area contributed by atoms with Crippen LogP contribution in [0.2, 0.25) is 0 Å². The molecule has 2 heterocycles. The highest BCUT2D eigenvalue weighted by atomic mass is 35.5. The third kappa shape index (κ3) is 4.15. The van der Waals surface area contributed by atoms with E-state index in [1.54, 1.807) is 6.07 Å². The molecule has 0 saturated heterocycles. The molecule has 1 unspecified atom stereocenters. The van der Waals surface area contributed by atoms with E-state index in [1.807, 2.05) is 24.3 Å². The van der Waals surface area contributed by atoms with Crippen LogP contribution in [0.1, 0.15) is 23.3 Å². The van der Waals surface area contributed by atoms with E-state index >= 15 is 0 Å². The minimum Gasteiger partial charge on any atom is -0.393 e. The third-order valence-corrected chi connectivity index (χ3v) is 6.98. The van der Waals surface area contributed by atoms with Crippen LogP contribution in [0.3, 0.4) is 0 Å². The number of thiophene rings is 1. The third-order valence-electron chi connectivity index (χ3n) is 5.37. The standard InChI is InChI=1S/C23H19ClF3NO2S/c24-19-7-2-1-4-14(19)10-17-11-15-5-3-6-18(21(15)31-17)20-12-16(8-9-28-20)22(30,13-29)23(25,26)27/h1,3-6,8-9,11-12,29-30H,2,7,10,13H2. The summed E-state index contributed by atoms with van der Waals surface area (Å²) in [5, 5.41) is 21.2. The summed E-state index contributed by atoms with van der Waals surface area (Å²) in [6.45, 7) is -1.48. The van der Waals surface area contributed by atoms with Gasteiger partial charge >= 0.3 is 6.18 Å². The van der Waals surface area contributed by atoms with Crippen LogP contribution in [0.25, 0.3) is 21.3 Å². The zero-order valence-corrected chi connectivity index (χ0v) is 17.9. The van der Waals surface area contributed by atoms with Crippen molar-refractivity contribution in [3.8, 4) is 11.3 Å². The molecule has 1 aliphatic carbocycles. The van der Waals surface area contributed by atoms with Crippen LogP contribution in [0, 0.1) is 0 Å². The number of nitrogens with zero attached hydrogens (tertiary/aromatic N) is 1. The van der Waals surface area contributed by atoms with Gasteiger partial charge < -0.3 is 10.2 Å². The Hall–Kier alpha value is -2.19. The zero-order chi connectivity index (χ0) is 22.2. The lowest BCUT2D eigenvalue weighted by Gasteiger charge is -2.29. The van der Waals surface area contributed by atoms with E-state index in [0.717, 1.165) is 44.5 Å². The second-order valence-corrected chi connectivity index (χ2v) is 9.02. The number of rotatable bonds is 5. The summed E-state index contributed by atoms with van der Waals surface area (Å²) in [5.74, 6) is 0. The van der Waals surface area contributed by atoms with Crippen LogP contribution in [-0.2, 0) is 12.0 Å². The topological polar surface area (TPSA) is 53.4 Å². The molecule has 2 aromatic heterocycles. The van der Waals surface area contributed by atoms with Crippen molar-refractivity contribution in [1.29, 1.82) is 0 Å². The molecule has 4 rings (SSSR count). The fourth-order valence-corrected chi connectivity index (χ4v) is 5.06. The van der Waals surface area contributed by atoms with Gasteiger partial charge in [0.15, 0.2) is 0 Å². The maximum atomic E-state index is 13.4. The molecular weight excluding hydrogens is 447 g/mol. The molecule has 31 heavy (non-hydrogen) atoms. The average molecular weight is 466 g/mol.